The summed E-state index contributed by atoms with van der Waals surface area (Å²) in [5, 5.41) is 15.4. The van der Waals surface area contributed by atoms with Gasteiger partial charge in [0.15, 0.2) is 11.5 Å². The molecule has 0 aliphatic carbocycles. The number of aromatic amines is 1. The van der Waals surface area contributed by atoms with Crippen LogP contribution in [0, 0.1) is 5.41 Å². The fraction of sp³-hybridized carbons (Fsp3) is 0.273. The first-order valence-electron chi connectivity index (χ1n) is 10.1. The summed E-state index contributed by atoms with van der Waals surface area (Å²) in [5.74, 6) is -0.00219. The second-order valence-corrected chi connectivity index (χ2v) is 7.59. The lowest BCUT2D eigenvalue weighted by atomic mass is 10.0. The summed E-state index contributed by atoms with van der Waals surface area (Å²) >= 11 is 0. The van der Waals surface area contributed by atoms with E-state index in [1.54, 1.807) is 18.5 Å². The van der Waals surface area contributed by atoms with E-state index in [9.17, 15) is 8.78 Å². The Morgan fingerprint density at radius 3 is 2.81 bits per heavy atom. The van der Waals surface area contributed by atoms with Crippen molar-refractivity contribution >= 4 is 22.8 Å². The molecule has 5 rings (SSSR count). The summed E-state index contributed by atoms with van der Waals surface area (Å²) in [6.45, 7) is 1.96. The highest BCUT2D eigenvalue weighted by Gasteiger charge is 2.43. The third-order valence-electron chi connectivity index (χ3n) is 5.55. The number of piperidine rings is 1. The van der Waals surface area contributed by atoms with Gasteiger partial charge in [-0.15, -0.1) is 8.78 Å². The van der Waals surface area contributed by atoms with Crippen molar-refractivity contribution in [1.82, 2.24) is 20.6 Å². The zero-order valence-corrected chi connectivity index (χ0v) is 16.5. The van der Waals surface area contributed by atoms with Crippen molar-refractivity contribution in [3.05, 3.63) is 48.4 Å². The maximum absolute atomic E-state index is 13.4. The van der Waals surface area contributed by atoms with Gasteiger partial charge in [0.05, 0.1) is 0 Å². The lowest BCUT2D eigenvalue weighted by molar-refractivity contribution is -0.286. The number of benzene rings is 1. The summed E-state index contributed by atoms with van der Waals surface area (Å²) in [7, 11) is 0. The first-order valence-corrected chi connectivity index (χ1v) is 10.1. The number of pyridine rings is 1. The molecule has 0 saturated carbocycles. The lowest BCUT2D eigenvalue weighted by Gasteiger charge is -2.23. The van der Waals surface area contributed by atoms with Gasteiger partial charge in [0.1, 0.15) is 5.65 Å². The molecule has 1 aromatic carbocycles. The molecule has 3 aromatic rings. The largest absolute Gasteiger partial charge is 0.586 e. The van der Waals surface area contributed by atoms with Crippen molar-refractivity contribution in [2.75, 3.05) is 13.1 Å². The van der Waals surface area contributed by atoms with Gasteiger partial charge >= 0.3 is 6.29 Å². The molecule has 2 aliphatic heterocycles. The van der Waals surface area contributed by atoms with E-state index in [4.69, 9.17) is 5.41 Å². The second kappa shape index (κ2) is 7.66. The van der Waals surface area contributed by atoms with Crippen molar-refractivity contribution in [3.63, 3.8) is 0 Å². The highest BCUT2D eigenvalue weighted by atomic mass is 19.3. The molecule has 4 heterocycles. The number of nitrogens with one attached hydrogen (secondary N) is 4. The number of H-pyrrole nitrogens is 1. The summed E-state index contributed by atoms with van der Waals surface area (Å²) in [5.41, 5.74) is 3.65. The van der Waals surface area contributed by atoms with E-state index in [1.807, 2.05) is 12.3 Å². The number of ether oxygens (including phenoxy) is 2. The molecule has 1 saturated heterocycles. The molecule has 2 aromatic heterocycles. The minimum atomic E-state index is -3.65. The van der Waals surface area contributed by atoms with E-state index in [2.05, 4.69) is 30.1 Å². The van der Waals surface area contributed by atoms with Crippen LogP contribution in [0.1, 0.15) is 18.4 Å². The lowest BCUT2D eigenvalue weighted by Crippen LogP contribution is -2.37. The van der Waals surface area contributed by atoms with Crippen molar-refractivity contribution in [3.8, 4) is 22.6 Å². The van der Waals surface area contributed by atoms with Gasteiger partial charge in [0.2, 0.25) is 0 Å². The monoisotopic (exact) mass is 425 g/mol. The zero-order valence-electron chi connectivity index (χ0n) is 16.5. The minimum Gasteiger partial charge on any atom is -0.395 e. The third-order valence-corrected chi connectivity index (χ3v) is 5.55. The second-order valence-electron chi connectivity index (χ2n) is 7.59. The van der Waals surface area contributed by atoms with Crippen LogP contribution in [-0.2, 0) is 0 Å². The van der Waals surface area contributed by atoms with Crippen LogP contribution in [0.2, 0.25) is 0 Å². The molecule has 160 valence electrons. The van der Waals surface area contributed by atoms with Crippen molar-refractivity contribution < 1.29 is 18.3 Å². The number of nitrogens with zero attached hydrogens (tertiary/aromatic N) is 1. The van der Waals surface area contributed by atoms with E-state index in [0.717, 1.165) is 42.4 Å². The average molecular weight is 425 g/mol. The Labute approximate surface area is 177 Å². The molecule has 1 fully saturated rings. The number of hydrogen-bond donors (Lipinski definition) is 4. The summed E-state index contributed by atoms with van der Waals surface area (Å²) in [6.07, 6.45) is 5.06. The van der Waals surface area contributed by atoms with Crippen LogP contribution in [0.25, 0.3) is 27.7 Å². The maximum atomic E-state index is 13.4. The molecule has 0 amide bonds. The summed E-state index contributed by atoms with van der Waals surface area (Å²) in [4.78, 5) is 7.58. The first-order chi connectivity index (χ1) is 15.0. The van der Waals surface area contributed by atoms with E-state index in [0.29, 0.717) is 22.8 Å². The zero-order chi connectivity index (χ0) is 21.4. The molecule has 31 heavy (non-hydrogen) atoms. The molecule has 4 N–H and O–H groups in total. The van der Waals surface area contributed by atoms with Crippen molar-refractivity contribution in [2.24, 2.45) is 0 Å². The van der Waals surface area contributed by atoms with Gasteiger partial charge in [-0.25, -0.2) is 4.98 Å². The first kappa shape index (κ1) is 19.5. The molecule has 0 radical (unpaired) electrons. The van der Waals surface area contributed by atoms with E-state index in [1.165, 1.54) is 18.3 Å². The Morgan fingerprint density at radius 1 is 1.19 bits per heavy atom. The van der Waals surface area contributed by atoms with Crippen molar-refractivity contribution in [1.29, 1.82) is 5.41 Å². The van der Waals surface area contributed by atoms with Crippen LogP contribution in [0.3, 0.4) is 0 Å². The van der Waals surface area contributed by atoms with Crippen LogP contribution in [0.5, 0.6) is 11.5 Å². The quantitative estimate of drug-likeness (QED) is 0.466. The number of fused-ring (bicyclic) bond motifs is 2. The van der Waals surface area contributed by atoms with Crippen LogP contribution in [-0.4, -0.2) is 41.6 Å². The predicted molar refractivity (Wildman–Crippen MR) is 114 cm³/mol. The average Bonchev–Trinajstić information content (AvgIpc) is 3.33. The maximum Gasteiger partial charge on any atom is 0.586 e. The fourth-order valence-corrected chi connectivity index (χ4v) is 3.92. The van der Waals surface area contributed by atoms with E-state index in [-0.39, 0.29) is 11.5 Å². The van der Waals surface area contributed by atoms with Crippen LogP contribution < -0.4 is 20.1 Å². The molecule has 7 nitrogen and oxygen atoms in total. The fourth-order valence-electron chi connectivity index (χ4n) is 3.92. The highest BCUT2D eigenvalue weighted by Crippen LogP contribution is 2.43. The number of aromatic nitrogens is 2. The van der Waals surface area contributed by atoms with Gasteiger partial charge in [-0.05, 0) is 49.7 Å². The van der Waals surface area contributed by atoms with E-state index < -0.39 is 6.29 Å². The molecule has 0 atom stereocenters. The van der Waals surface area contributed by atoms with Crippen LogP contribution >= 0.6 is 0 Å². The smallest absolute Gasteiger partial charge is 0.395 e. The highest BCUT2D eigenvalue weighted by molar-refractivity contribution is 6.09. The SMILES string of the molecule is N=C/C(=C\NC1CCNCC1)c1cnc2[nH]cc(-c3ccc4c(c3)OC(F)(F)O4)c2c1. The number of hydrogen-bond acceptors (Lipinski definition) is 6. The standard InChI is InChI=1S/C22H21F2N5O2/c23-22(24)30-19-2-1-13(8-20(19)31-22)18-12-29-21-17(18)7-14(10-28-21)15(9-25)11-27-16-3-5-26-6-4-16/h1-2,7-12,16,25-27H,3-6H2,(H,28,29)/b15-11+,25-9?. The van der Waals surface area contributed by atoms with Crippen LogP contribution in [0.4, 0.5) is 8.78 Å². The summed E-state index contributed by atoms with van der Waals surface area (Å²) in [6, 6.07) is 7.01. The van der Waals surface area contributed by atoms with Crippen LogP contribution in [0.15, 0.2) is 42.9 Å². The van der Waals surface area contributed by atoms with Gasteiger partial charge in [0.25, 0.3) is 0 Å². The number of allylic oxidation sites excluding steroid dienone is 1. The summed E-state index contributed by atoms with van der Waals surface area (Å²) < 4.78 is 35.8. The van der Waals surface area contributed by atoms with Gasteiger partial charge in [-0.1, -0.05) is 6.07 Å². The topological polar surface area (TPSA) is 95.1 Å². The molecule has 2 aliphatic rings. The molecule has 0 unspecified atom stereocenters. The van der Waals surface area contributed by atoms with Gasteiger partial charge in [-0.2, -0.15) is 0 Å². The number of halogens is 2. The normalized spacial score (nSPS) is 18.3. The third kappa shape index (κ3) is 3.84. The Bertz CT molecular complexity index is 1170. The molecule has 9 heteroatoms. The number of alkyl halides is 2. The predicted octanol–water partition coefficient (Wildman–Crippen LogP) is 3.88. The molecule has 0 bridgehead atoms. The van der Waals surface area contributed by atoms with E-state index >= 15 is 0 Å². The van der Waals surface area contributed by atoms with Crippen molar-refractivity contribution in [2.45, 2.75) is 25.2 Å². The Kier molecular flexibility index (Phi) is 4.82. The molecular weight excluding hydrogens is 404 g/mol. The van der Waals surface area contributed by atoms with Gasteiger partial charge in [-0.3, -0.25) is 0 Å². The number of rotatable bonds is 5. The minimum absolute atomic E-state index is 0.00502. The molecule has 0 spiro atoms. The Morgan fingerprint density at radius 2 is 2.00 bits per heavy atom. The molecular formula is C22H21F2N5O2. The van der Waals surface area contributed by atoms with Gasteiger partial charge < -0.3 is 30.5 Å². The Balaban J connectivity index is 1.47. The Hall–Kier alpha value is -3.46. The van der Waals surface area contributed by atoms with Gasteiger partial charge in [0, 0.05) is 52.9 Å².